The number of anilines is 1. The Labute approximate surface area is 97.3 Å². The number of nitrogens with two attached hydrogens (primary N) is 1. The van der Waals surface area contributed by atoms with E-state index < -0.39 is 0 Å². The van der Waals surface area contributed by atoms with E-state index in [2.05, 4.69) is 16.0 Å². The van der Waals surface area contributed by atoms with Crippen molar-refractivity contribution in [2.24, 2.45) is 0 Å². The molecular weight excluding hydrogens is 212 g/mol. The maximum absolute atomic E-state index is 8.85. The number of nitriles is 1. The number of fused-ring (bicyclic) bond motifs is 3. The molecule has 0 saturated heterocycles. The van der Waals surface area contributed by atoms with Crippen LogP contribution in [0.5, 0.6) is 0 Å². The van der Waals surface area contributed by atoms with Gasteiger partial charge in [0.25, 0.3) is 0 Å². The summed E-state index contributed by atoms with van der Waals surface area (Å²) < 4.78 is 0. The van der Waals surface area contributed by atoms with Crippen LogP contribution in [0.3, 0.4) is 0 Å². The van der Waals surface area contributed by atoms with E-state index in [4.69, 9.17) is 11.0 Å². The Morgan fingerprint density at radius 2 is 2.00 bits per heavy atom. The highest BCUT2D eigenvalue weighted by Gasteiger charge is 2.06. The Balaban J connectivity index is 2.53. The van der Waals surface area contributed by atoms with Gasteiger partial charge in [0.1, 0.15) is 0 Å². The molecule has 0 aliphatic heterocycles. The molecule has 0 unspecified atom stereocenters. The molecule has 0 radical (unpaired) electrons. The van der Waals surface area contributed by atoms with Gasteiger partial charge in [-0.1, -0.05) is 6.07 Å². The van der Waals surface area contributed by atoms with Crippen molar-refractivity contribution < 1.29 is 0 Å². The van der Waals surface area contributed by atoms with E-state index in [1.165, 1.54) is 0 Å². The summed E-state index contributed by atoms with van der Waals surface area (Å²) in [4.78, 5) is 8.52. The van der Waals surface area contributed by atoms with E-state index in [0.717, 1.165) is 21.8 Å². The first-order valence-electron chi connectivity index (χ1n) is 5.12. The molecule has 0 saturated carbocycles. The summed E-state index contributed by atoms with van der Waals surface area (Å²) in [5.41, 5.74) is 8.75. The van der Waals surface area contributed by atoms with Gasteiger partial charge in [0.2, 0.25) is 0 Å². The lowest BCUT2D eigenvalue weighted by molar-refractivity contribution is 1.36. The molecule has 0 spiro atoms. The molecule has 17 heavy (non-hydrogen) atoms. The summed E-state index contributed by atoms with van der Waals surface area (Å²) in [6.45, 7) is 0. The zero-order chi connectivity index (χ0) is 11.8. The zero-order valence-corrected chi connectivity index (χ0v) is 8.88. The Kier molecular flexibility index (Phi) is 1.92. The minimum absolute atomic E-state index is 0.590. The van der Waals surface area contributed by atoms with Crippen LogP contribution in [-0.2, 0) is 0 Å². The van der Waals surface area contributed by atoms with Gasteiger partial charge in [-0.3, -0.25) is 9.97 Å². The molecule has 0 fully saturated rings. The van der Waals surface area contributed by atoms with Crippen LogP contribution in [-0.4, -0.2) is 9.97 Å². The lowest BCUT2D eigenvalue weighted by atomic mass is 10.1. The van der Waals surface area contributed by atoms with Gasteiger partial charge >= 0.3 is 0 Å². The molecule has 0 aliphatic rings. The summed E-state index contributed by atoms with van der Waals surface area (Å²) in [7, 11) is 0. The van der Waals surface area contributed by atoms with Gasteiger partial charge in [0.05, 0.1) is 28.9 Å². The summed E-state index contributed by atoms with van der Waals surface area (Å²) in [5.74, 6) is 0. The number of hydrogen-bond donors (Lipinski definition) is 1. The SMILES string of the molecule is N#Cc1ccc2c(c1)ncc1nccc(N)c12. The van der Waals surface area contributed by atoms with Crippen molar-refractivity contribution in [2.45, 2.75) is 0 Å². The lowest BCUT2D eigenvalue weighted by Crippen LogP contribution is -1.91. The molecule has 3 aromatic rings. The van der Waals surface area contributed by atoms with Gasteiger partial charge in [-0.05, 0) is 18.2 Å². The van der Waals surface area contributed by atoms with Crippen molar-refractivity contribution in [3.63, 3.8) is 0 Å². The standard InChI is InChI=1S/C13H8N4/c14-6-8-1-2-9-11(5-8)17-7-12-13(9)10(15)3-4-16-12/h1-5,7H,(H2,15,16). The smallest absolute Gasteiger partial charge is 0.0992 e. The largest absolute Gasteiger partial charge is 0.398 e. The second-order valence-corrected chi connectivity index (χ2v) is 3.76. The number of pyridine rings is 2. The van der Waals surface area contributed by atoms with Crippen molar-refractivity contribution in [2.75, 3.05) is 5.73 Å². The van der Waals surface area contributed by atoms with Crippen LogP contribution >= 0.6 is 0 Å². The first kappa shape index (κ1) is 9.55. The second kappa shape index (κ2) is 3.42. The third kappa shape index (κ3) is 1.37. The quantitative estimate of drug-likeness (QED) is 0.589. The fourth-order valence-electron chi connectivity index (χ4n) is 1.94. The number of nitrogens with zero attached hydrogens (tertiary/aromatic N) is 3. The molecule has 3 rings (SSSR count). The van der Waals surface area contributed by atoms with E-state index in [1.807, 2.05) is 6.07 Å². The van der Waals surface area contributed by atoms with Crippen LogP contribution in [0.15, 0.2) is 36.7 Å². The Hall–Kier alpha value is -2.67. The van der Waals surface area contributed by atoms with Crippen LogP contribution in [0.25, 0.3) is 21.8 Å². The molecule has 0 aliphatic carbocycles. The third-order valence-electron chi connectivity index (χ3n) is 2.73. The number of hydrogen-bond acceptors (Lipinski definition) is 4. The summed E-state index contributed by atoms with van der Waals surface area (Å²) in [5, 5.41) is 10.7. The van der Waals surface area contributed by atoms with E-state index in [9.17, 15) is 0 Å². The molecule has 1 aromatic carbocycles. The first-order valence-corrected chi connectivity index (χ1v) is 5.12. The van der Waals surface area contributed by atoms with Gasteiger partial charge in [-0.15, -0.1) is 0 Å². The van der Waals surface area contributed by atoms with Crippen molar-refractivity contribution in [1.29, 1.82) is 5.26 Å². The number of rotatable bonds is 0. The van der Waals surface area contributed by atoms with Crippen LogP contribution in [0.1, 0.15) is 5.56 Å². The molecule has 80 valence electrons. The topological polar surface area (TPSA) is 75.6 Å². The van der Waals surface area contributed by atoms with Gasteiger partial charge in [0, 0.05) is 22.7 Å². The number of benzene rings is 1. The molecule has 4 nitrogen and oxygen atoms in total. The molecule has 2 heterocycles. The highest BCUT2D eigenvalue weighted by molar-refractivity contribution is 6.09. The van der Waals surface area contributed by atoms with Crippen LogP contribution in [0.4, 0.5) is 5.69 Å². The van der Waals surface area contributed by atoms with Crippen LogP contribution in [0.2, 0.25) is 0 Å². The maximum atomic E-state index is 8.85. The molecular formula is C13H8N4. The van der Waals surface area contributed by atoms with Gasteiger partial charge in [-0.2, -0.15) is 5.26 Å². The van der Waals surface area contributed by atoms with E-state index in [-0.39, 0.29) is 0 Å². The Morgan fingerprint density at radius 1 is 1.12 bits per heavy atom. The highest BCUT2D eigenvalue weighted by Crippen LogP contribution is 2.27. The Morgan fingerprint density at radius 3 is 2.82 bits per heavy atom. The van der Waals surface area contributed by atoms with Crippen LogP contribution < -0.4 is 5.73 Å². The Bertz CT molecular complexity index is 771. The summed E-state index contributed by atoms with van der Waals surface area (Å²) in [6, 6.07) is 9.23. The van der Waals surface area contributed by atoms with Gasteiger partial charge in [0.15, 0.2) is 0 Å². The van der Waals surface area contributed by atoms with Gasteiger partial charge < -0.3 is 5.73 Å². The predicted molar refractivity (Wildman–Crippen MR) is 66.2 cm³/mol. The fourth-order valence-corrected chi connectivity index (χ4v) is 1.94. The lowest BCUT2D eigenvalue weighted by Gasteiger charge is -2.05. The highest BCUT2D eigenvalue weighted by atomic mass is 14.7. The second-order valence-electron chi connectivity index (χ2n) is 3.76. The minimum atomic E-state index is 0.590. The van der Waals surface area contributed by atoms with Crippen LogP contribution in [0, 0.1) is 11.3 Å². The van der Waals surface area contributed by atoms with Crippen molar-refractivity contribution >= 4 is 27.5 Å². The summed E-state index contributed by atoms with van der Waals surface area (Å²) >= 11 is 0. The monoisotopic (exact) mass is 220 g/mol. The molecule has 2 aromatic heterocycles. The number of aromatic nitrogens is 2. The van der Waals surface area contributed by atoms with Crippen molar-refractivity contribution in [3.8, 4) is 6.07 Å². The molecule has 2 N–H and O–H groups in total. The first-order chi connectivity index (χ1) is 8.29. The molecule has 0 atom stereocenters. The van der Waals surface area contributed by atoms with E-state index in [1.54, 1.807) is 30.6 Å². The average molecular weight is 220 g/mol. The normalized spacial score (nSPS) is 10.5. The van der Waals surface area contributed by atoms with Crippen molar-refractivity contribution in [1.82, 2.24) is 9.97 Å². The maximum Gasteiger partial charge on any atom is 0.0992 e. The molecule has 4 heteroatoms. The van der Waals surface area contributed by atoms with E-state index in [0.29, 0.717) is 11.3 Å². The van der Waals surface area contributed by atoms with Crippen molar-refractivity contribution in [3.05, 3.63) is 42.2 Å². The van der Waals surface area contributed by atoms with E-state index >= 15 is 0 Å². The number of nitrogen functional groups attached to an aromatic ring is 1. The molecule has 0 amide bonds. The fraction of sp³-hybridized carbons (Fsp3) is 0. The zero-order valence-electron chi connectivity index (χ0n) is 8.88. The minimum Gasteiger partial charge on any atom is -0.398 e. The average Bonchev–Trinajstić information content (AvgIpc) is 2.38. The third-order valence-corrected chi connectivity index (χ3v) is 2.73. The molecule has 0 bridgehead atoms. The van der Waals surface area contributed by atoms with Gasteiger partial charge in [-0.25, -0.2) is 0 Å². The summed E-state index contributed by atoms with van der Waals surface area (Å²) in [6.07, 6.45) is 3.34. The predicted octanol–water partition coefficient (Wildman–Crippen LogP) is 2.24.